The average molecular weight is 688 g/mol. The zero-order valence-electron chi connectivity index (χ0n) is 29.9. The summed E-state index contributed by atoms with van der Waals surface area (Å²) in [7, 11) is 1.67. The molecule has 0 unspecified atom stereocenters. The van der Waals surface area contributed by atoms with Crippen LogP contribution in [0.15, 0.2) is 36.9 Å². The zero-order valence-corrected chi connectivity index (χ0v) is 29.9. The van der Waals surface area contributed by atoms with Gasteiger partial charge in [-0.15, -0.1) is 32.3 Å². The normalized spacial score (nSPS) is 9.82. The molecule has 6 nitrogen and oxygen atoms in total. The van der Waals surface area contributed by atoms with E-state index in [2.05, 4.69) is 58.3 Å². The molecule has 0 aromatic heterocycles. The minimum Gasteiger partial charge on any atom is -0.493 e. The van der Waals surface area contributed by atoms with Gasteiger partial charge in [-0.3, -0.25) is 0 Å². The Morgan fingerprint density at radius 2 is 1.14 bits per heavy atom. The maximum absolute atomic E-state index is 10.3. The summed E-state index contributed by atoms with van der Waals surface area (Å²) < 4.78 is 30.9. The quantitative estimate of drug-likeness (QED) is 0.0428. The van der Waals surface area contributed by atoms with Gasteiger partial charge in [-0.05, 0) is 67.6 Å². The SMILES string of the molecule is C.C.C#C.C#C.C=CCCCOc1c(COC)c(OCC)cc2c1cc(C#N)c1cc(OCCCCCCC)c(OCCCCCCC)cc12. The van der Waals surface area contributed by atoms with E-state index in [1.54, 1.807) is 7.11 Å². The molecule has 0 N–H and O–H groups in total. The Balaban J connectivity index is 0. The number of nitrogens with zero attached hydrogens (tertiary/aromatic N) is 1. The topological polar surface area (TPSA) is 69.9 Å². The summed E-state index contributed by atoms with van der Waals surface area (Å²) in [5.41, 5.74) is 1.41. The van der Waals surface area contributed by atoms with Crippen LogP contribution in [0.2, 0.25) is 0 Å². The van der Waals surface area contributed by atoms with Gasteiger partial charge in [0.15, 0.2) is 11.5 Å². The standard InChI is InChI=1S/C38H53NO5.2C2H2.2CH4/c1-6-10-13-15-18-20-42-36-24-30-29(27-39)23-33-32(31(30)26-37(36)43-21-19-16-14-11-7-2)25-35(41-9-4)34(28-40-5)38(33)44-22-17-12-8-3;2*1-2;;/h8,23-26H,3,6-7,9-22,28H2,1-2,4-5H3;2*1-2H;2*1H4. The smallest absolute Gasteiger partial charge is 0.161 e. The van der Waals surface area contributed by atoms with Crippen molar-refractivity contribution in [3.05, 3.63) is 48.0 Å². The molecule has 0 aliphatic heterocycles. The molecule has 276 valence electrons. The van der Waals surface area contributed by atoms with Crippen LogP contribution in [0.5, 0.6) is 23.0 Å². The molecule has 0 saturated carbocycles. The minimum absolute atomic E-state index is 0. The van der Waals surface area contributed by atoms with Gasteiger partial charge in [0.2, 0.25) is 0 Å². The number of hydrogen-bond donors (Lipinski definition) is 0. The lowest BCUT2D eigenvalue weighted by Gasteiger charge is -2.20. The average Bonchev–Trinajstić information content (AvgIpc) is 3.12. The number of benzene rings is 3. The first-order valence-corrected chi connectivity index (χ1v) is 17.4. The van der Waals surface area contributed by atoms with Gasteiger partial charge in [-0.25, -0.2) is 0 Å². The number of hydrogen-bond acceptors (Lipinski definition) is 6. The summed E-state index contributed by atoms with van der Waals surface area (Å²) >= 11 is 0. The molecule has 3 rings (SSSR count). The van der Waals surface area contributed by atoms with Crippen molar-refractivity contribution in [2.45, 2.75) is 119 Å². The molecule has 50 heavy (non-hydrogen) atoms. The highest BCUT2D eigenvalue weighted by Gasteiger charge is 2.21. The number of nitriles is 1. The van der Waals surface area contributed by atoms with Gasteiger partial charge in [-0.2, -0.15) is 5.26 Å². The van der Waals surface area contributed by atoms with Crippen LogP contribution in [-0.4, -0.2) is 33.5 Å². The number of terminal acetylenes is 2. The van der Waals surface area contributed by atoms with E-state index in [1.807, 2.05) is 31.2 Å². The van der Waals surface area contributed by atoms with E-state index in [0.717, 1.165) is 71.4 Å². The molecule has 0 aliphatic rings. The molecule has 0 bridgehead atoms. The third-order valence-electron chi connectivity index (χ3n) is 7.85. The molecular formula is C44H65NO5. The van der Waals surface area contributed by atoms with Crippen LogP contribution in [0, 0.1) is 37.0 Å². The Morgan fingerprint density at radius 1 is 0.640 bits per heavy atom. The highest BCUT2D eigenvalue weighted by Crippen LogP contribution is 2.44. The Bertz CT molecular complexity index is 1440. The van der Waals surface area contributed by atoms with E-state index in [-0.39, 0.29) is 14.9 Å². The molecule has 0 amide bonds. The van der Waals surface area contributed by atoms with Crippen LogP contribution in [0.1, 0.15) is 124 Å². The van der Waals surface area contributed by atoms with Crippen molar-refractivity contribution < 1.29 is 23.7 Å². The molecule has 0 fully saturated rings. The molecule has 0 aliphatic carbocycles. The second-order valence-electron chi connectivity index (χ2n) is 11.3. The Morgan fingerprint density at radius 3 is 1.64 bits per heavy atom. The number of methoxy groups -OCH3 is 1. The van der Waals surface area contributed by atoms with Crippen LogP contribution in [0.25, 0.3) is 21.5 Å². The van der Waals surface area contributed by atoms with E-state index in [9.17, 15) is 5.26 Å². The first-order chi connectivity index (χ1) is 23.6. The molecule has 6 heteroatoms. The number of rotatable bonds is 23. The molecule has 3 aromatic rings. The Hall–Kier alpha value is -4.31. The predicted molar refractivity (Wildman–Crippen MR) is 215 cm³/mol. The van der Waals surface area contributed by atoms with Crippen LogP contribution in [0.3, 0.4) is 0 Å². The summed E-state index contributed by atoms with van der Waals surface area (Å²) in [5, 5.41) is 13.9. The first-order valence-electron chi connectivity index (χ1n) is 17.4. The molecule has 0 heterocycles. The number of ether oxygens (including phenoxy) is 5. The molecule has 0 spiro atoms. The fourth-order valence-electron chi connectivity index (χ4n) is 5.51. The van der Waals surface area contributed by atoms with Crippen molar-refractivity contribution in [3.63, 3.8) is 0 Å². The third-order valence-corrected chi connectivity index (χ3v) is 7.85. The van der Waals surface area contributed by atoms with Crippen LogP contribution >= 0.6 is 0 Å². The predicted octanol–water partition coefficient (Wildman–Crippen LogP) is 12.2. The maximum Gasteiger partial charge on any atom is 0.161 e. The zero-order chi connectivity index (χ0) is 35.6. The van der Waals surface area contributed by atoms with E-state index in [0.29, 0.717) is 55.8 Å². The summed E-state index contributed by atoms with van der Waals surface area (Å²) in [4.78, 5) is 0. The summed E-state index contributed by atoms with van der Waals surface area (Å²) in [5.74, 6) is 2.82. The molecule has 3 aromatic carbocycles. The van der Waals surface area contributed by atoms with Crippen LogP contribution in [0.4, 0.5) is 0 Å². The maximum atomic E-state index is 10.3. The van der Waals surface area contributed by atoms with Crippen LogP contribution < -0.4 is 18.9 Å². The fourth-order valence-corrected chi connectivity index (χ4v) is 5.51. The monoisotopic (exact) mass is 687 g/mol. The minimum atomic E-state index is 0. The van der Waals surface area contributed by atoms with Gasteiger partial charge >= 0.3 is 0 Å². The molecule has 0 radical (unpaired) electrons. The molecule has 0 saturated heterocycles. The lowest BCUT2D eigenvalue weighted by Crippen LogP contribution is -2.06. The Kier molecular flexibility index (Phi) is 28.3. The second-order valence-corrected chi connectivity index (χ2v) is 11.3. The van der Waals surface area contributed by atoms with Crippen molar-refractivity contribution in [1.82, 2.24) is 0 Å². The van der Waals surface area contributed by atoms with Gasteiger partial charge in [0, 0.05) is 17.9 Å². The van der Waals surface area contributed by atoms with E-state index < -0.39 is 0 Å². The van der Waals surface area contributed by atoms with Gasteiger partial charge in [0.05, 0.1) is 50.2 Å². The highest BCUT2D eigenvalue weighted by molar-refractivity contribution is 6.13. The van der Waals surface area contributed by atoms with E-state index in [1.165, 1.54) is 38.5 Å². The van der Waals surface area contributed by atoms with Crippen molar-refractivity contribution >= 4 is 21.5 Å². The second kappa shape index (κ2) is 29.6. The Labute approximate surface area is 305 Å². The van der Waals surface area contributed by atoms with Gasteiger partial charge in [0.1, 0.15) is 11.5 Å². The van der Waals surface area contributed by atoms with E-state index >= 15 is 0 Å². The summed E-state index contributed by atoms with van der Waals surface area (Å²) in [6.07, 6.45) is 31.2. The van der Waals surface area contributed by atoms with Crippen molar-refractivity contribution in [1.29, 1.82) is 5.26 Å². The van der Waals surface area contributed by atoms with Gasteiger partial charge in [-0.1, -0.05) is 86.1 Å². The van der Waals surface area contributed by atoms with Gasteiger partial charge < -0.3 is 23.7 Å². The third kappa shape index (κ3) is 14.7. The van der Waals surface area contributed by atoms with Crippen molar-refractivity contribution in [3.8, 4) is 54.8 Å². The summed E-state index contributed by atoms with van der Waals surface area (Å²) in [6, 6.07) is 10.5. The summed E-state index contributed by atoms with van der Waals surface area (Å²) in [6.45, 7) is 12.9. The molecular weight excluding hydrogens is 622 g/mol. The largest absolute Gasteiger partial charge is 0.493 e. The molecule has 0 atom stereocenters. The number of allylic oxidation sites excluding steroid dienone is 1. The number of fused-ring (bicyclic) bond motifs is 3. The van der Waals surface area contributed by atoms with E-state index in [4.69, 9.17) is 23.7 Å². The fraction of sp³-hybridized carbons (Fsp3) is 0.523. The first kappa shape index (κ1) is 47.8. The highest BCUT2D eigenvalue weighted by atomic mass is 16.5. The van der Waals surface area contributed by atoms with Gasteiger partial charge in [0.25, 0.3) is 0 Å². The van der Waals surface area contributed by atoms with Crippen molar-refractivity contribution in [2.24, 2.45) is 0 Å². The number of unbranched alkanes of at least 4 members (excludes halogenated alkanes) is 9. The van der Waals surface area contributed by atoms with Crippen LogP contribution in [-0.2, 0) is 11.3 Å². The van der Waals surface area contributed by atoms with Crippen molar-refractivity contribution in [2.75, 3.05) is 33.5 Å². The lowest BCUT2D eigenvalue weighted by atomic mass is 9.94. The lowest BCUT2D eigenvalue weighted by molar-refractivity contribution is 0.175.